The van der Waals surface area contributed by atoms with Crippen molar-refractivity contribution in [1.29, 1.82) is 0 Å². The summed E-state index contributed by atoms with van der Waals surface area (Å²) in [4.78, 5) is 14.4. The van der Waals surface area contributed by atoms with E-state index in [4.69, 9.17) is 4.74 Å². The summed E-state index contributed by atoms with van der Waals surface area (Å²) in [6, 6.07) is 6.70. The maximum absolute atomic E-state index is 10.8. The van der Waals surface area contributed by atoms with Gasteiger partial charge in [0.2, 0.25) is 5.82 Å². The summed E-state index contributed by atoms with van der Waals surface area (Å²) >= 11 is 0. The largest absolute Gasteiger partial charge is 0.493 e. The highest BCUT2D eigenvalue weighted by Crippen LogP contribution is 2.24. The van der Waals surface area contributed by atoms with E-state index < -0.39 is 4.92 Å². The minimum absolute atomic E-state index is 0.0838. The van der Waals surface area contributed by atoms with Crippen molar-refractivity contribution in [1.82, 2.24) is 9.55 Å². The zero-order valence-corrected chi connectivity index (χ0v) is 18.9. The third-order valence-electron chi connectivity index (χ3n) is 5.44. The SMILES string of the molecule is CCCCCc1ccc(OCCCCn2cc([N+](=O)[O-])nc2C)c(CCCCC)c1. The molecule has 0 amide bonds. The number of rotatable bonds is 15. The molecule has 166 valence electrons. The topological polar surface area (TPSA) is 70.2 Å². The van der Waals surface area contributed by atoms with Crippen LogP contribution in [0.1, 0.15) is 82.2 Å². The van der Waals surface area contributed by atoms with Crippen molar-refractivity contribution < 1.29 is 9.66 Å². The Kier molecular flexibility index (Phi) is 10.4. The maximum atomic E-state index is 10.8. The van der Waals surface area contributed by atoms with Gasteiger partial charge in [0.15, 0.2) is 0 Å². The van der Waals surface area contributed by atoms with Crippen LogP contribution >= 0.6 is 0 Å². The molecule has 0 fully saturated rings. The number of hydrogen-bond acceptors (Lipinski definition) is 4. The molecule has 1 aromatic carbocycles. The fourth-order valence-corrected chi connectivity index (χ4v) is 3.64. The zero-order chi connectivity index (χ0) is 21.8. The number of nitro groups is 1. The molecule has 0 aliphatic rings. The van der Waals surface area contributed by atoms with Crippen molar-refractivity contribution in [3.05, 3.63) is 51.5 Å². The maximum Gasteiger partial charge on any atom is 0.381 e. The summed E-state index contributed by atoms with van der Waals surface area (Å²) in [7, 11) is 0. The van der Waals surface area contributed by atoms with Gasteiger partial charge in [-0.05, 0) is 65.6 Å². The summed E-state index contributed by atoms with van der Waals surface area (Å²) in [5.74, 6) is 1.61. The first-order valence-electron chi connectivity index (χ1n) is 11.5. The molecule has 0 N–H and O–H groups in total. The number of nitrogens with zero attached hydrogens (tertiary/aromatic N) is 3. The van der Waals surface area contributed by atoms with Gasteiger partial charge in [0.05, 0.1) is 6.61 Å². The molecule has 0 aliphatic heterocycles. The third-order valence-corrected chi connectivity index (χ3v) is 5.44. The minimum atomic E-state index is -0.446. The second-order valence-electron chi connectivity index (χ2n) is 8.01. The molecule has 6 heteroatoms. The van der Waals surface area contributed by atoms with E-state index in [-0.39, 0.29) is 5.82 Å². The Morgan fingerprint density at radius 2 is 1.77 bits per heavy atom. The van der Waals surface area contributed by atoms with Crippen LogP contribution in [0.5, 0.6) is 5.75 Å². The van der Waals surface area contributed by atoms with Gasteiger partial charge in [-0.15, -0.1) is 0 Å². The normalized spacial score (nSPS) is 11.0. The fourth-order valence-electron chi connectivity index (χ4n) is 3.64. The highest BCUT2D eigenvalue weighted by Gasteiger charge is 2.14. The van der Waals surface area contributed by atoms with Crippen LogP contribution in [0.3, 0.4) is 0 Å². The Morgan fingerprint density at radius 3 is 2.43 bits per heavy atom. The molecule has 1 heterocycles. The van der Waals surface area contributed by atoms with Gasteiger partial charge in [0.1, 0.15) is 11.9 Å². The van der Waals surface area contributed by atoms with Crippen LogP contribution in [0.4, 0.5) is 5.82 Å². The van der Waals surface area contributed by atoms with E-state index in [0.29, 0.717) is 12.4 Å². The molecule has 0 saturated heterocycles. The monoisotopic (exact) mass is 415 g/mol. The van der Waals surface area contributed by atoms with Crippen molar-refractivity contribution in [3.63, 3.8) is 0 Å². The number of benzene rings is 1. The van der Waals surface area contributed by atoms with E-state index in [2.05, 4.69) is 37.0 Å². The van der Waals surface area contributed by atoms with Gasteiger partial charge in [-0.25, -0.2) is 0 Å². The molecule has 30 heavy (non-hydrogen) atoms. The average Bonchev–Trinajstić information content (AvgIpc) is 3.10. The Labute approximate surface area is 180 Å². The highest BCUT2D eigenvalue weighted by atomic mass is 16.6. The predicted octanol–water partition coefficient (Wildman–Crippen LogP) is 6.42. The van der Waals surface area contributed by atoms with Gasteiger partial charge in [-0.1, -0.05) is 51.7 Å². The summed E-state index contributed by atoms with van der Waals surface area (Å²) < 4.78 is 7.97. The van der Waals surface area contributed by atoms with E-state index in [0.717, 1.165) is 38.0 Å². The first kappa shape index (κ1) is 23.9. The van der Waals surface area contributed by atoms with Crippen molar-refractivity contribution >= 4 is 5.82 Å². The molecule has 0 aliphatic carbocycles. The lowest BCUT2D eigenvalue weighted by molar-refractivity contribution is -0.389. The number of unbranched alkanes of at least 4 members (excludes halogenated alkanes) is 5. The van der Waals surface area contributed by atoms with Gasteiger partial charge in [0, 0.05) is 13.5 Å². The number of ether oxygens (including phenoxy) is 1. The van der Waals surface area contributed by atoms with Crippen LogP contribution in [0.2, 0.25) is 0 Å². The van der Waals surface area contributed by atoms with Crippen molar-refractivity contribution in [2.45, 2.75) is 91.5 Å². The molecule has 0 unspecified atom stereocenters. The molecule has 0 atom stereocenters. The molecule has 1 aromatic heterocycles. The van der Waals surface area contributed by atoms with Crippen LogP contribution in [0.15, 0.2) is 24.4 Å². The zero-order valence-electron chi connectivity index (χ0n) is 18.9. The van der Waals surface area contributed by atoms with E-state index in [1.165, 1.54) is 55.8 Å². The molecular weight excluding hydrogens is 378 g/mol. The van der Waals surface area contributed by atoms with Gasteiger partial charge in [-0.2, -0.15) is 0 Å². The number of hydrogen-bond donors (Lipinski definition) is 0. The second kappa shape index (κ2) is 13.0. The summed E-state index contributed by atoms with van der Waals surface area (Å²) in [5.41, 5.74) is 2.75. The van der Waals surface area contributed by atoms with Crippen LogP contribution in [0.25, 0.3) is 0 Å². The summed E-state index contributed by atoms with van der Waals surface area (Å²) in [6.07, 6.45) is 13.0. The second-order valence-corrected chi connectivity index (χ2v) is 8.01. The van der Waals surface area contributed by atoms with E-state index in [9.17, 15) is 10.1 Å². The van der Waals surface area contributed by atoms with Gasteiger partial charge >= 0.3 is 5.82 Å². The third kappa shape index (κ3) is 7.81. The Balaban J connectivity index is 1.85. The quantitative estimate of drug-likeness (QED) is 0.191. The Hall–Kier alpha value is -2.37. The summed E-state index contributed by atoms with van der Waals surface area (Å²) in [6.45, 7) is 7.65. The molecular formula is C24H37N3O3. The predicted molar refractivity (Wildman–Crippen MR) is 121 cm³/mol. The smallest absolute Gasteiger partial charge is 0.381 e. The van der Waals surface area contributed by atoms with E-state index in [1.54, 1.807) is 6.92 Å². The van der Waals surface area contributed by atoms with Crippen molar-refractivity contribution in [2.75, 3.05) is 6.61 Å². The van der Waals surface area contributed by atoms with Crippen LogP contribution < -0.4 is 4.74 Å². The number of imidazole rings is 1. The molecule has 2 rings (SSSR count). The van der Waals surface area contributed by atoms with Gasteiger partial charge < -0.3 is 19.4 Å². The molecule has 2 aromatic rings. The number of aryl methyl sites for hydroxylation is 4. The lowest BCUT2D eigenvalue weighted by Gasteiger charge is -2.14. The fraction of sp³-hybridized carbons (Fsp3) is 0.625. The lowest BCUT2D eigenvalue weighted by atomic mass is 10.00. The van der Waals surface area contributed by atoms with Crippen LogP contribution in [-0.2, 0) is 19.4 Å². The lowest BCUT2D eigenvalue weighted by Crippen LogP contribution is -2.04. The van der Waals surface area contributed by atoms with E-state index in [1.807, 2.05) is 4.57 Å². The van der Waals surface area contributed by atoms with Crippen LogP contribution in [-0.4, -0.2) is 21.1 Å². The first-order chi connectivity index (χ1) is 14.5. The Morgan fingerprint density at radius 1 is 1.03 bits per heavy atom. The standard InChI is InChI=1S/C24H37N3O3/c1-4-6-8-12-21-14-15-23(22(18-21)13-9-7-5-2)30-17-11-10-16-26-19-24(27(28)29)25-20(26)3/h14-15,18-19H,4-13,16-17H2,1-3H3. The van der Waals surface area contributed by atoms with Crippen LogP contribution in [0, 0.1) is 17.0 Å². The first-order valence-corrected chi connectivity index (χ1v) is 11.5. The summed E-state index contributed by atoms with van der Waals surface area (Å²) in [5, 5.41) is 10.8. The highest BCUT2D eigenvalue weighted by molar-refractivity contribution is 5.37. The van der Waals surface area contributed by atoms with Gasteiger partial charge in [-0.3, -0.25) is 0 Å². The molecule has 0 saturated carbocycles. The van der Waals surface area contributed by atoms with E-state index >= 15 is 0 Å². The molecule has 6 nitrogen and oxygen atoms in total. The molecule has 0 bridgehead atoms. The van der Waals surface area contributed by atoms with Gasteiger partial charge in [0.25, 0.3) is 0 Å². The van der Waals surface area contributed by atoms with Crippen molar-refractivity contribution in [2.24, 2.45) is 0 Å². The average molecular weight is 416 g/mol. The minimum Gasteiger partial charge on any atom is -0.493 e. The Bertz CT molecular complexity index is 786. The number of aromatic nitrogens is 2. The molecule has 0 spiro atoms. The van der Waals surface area contributed by atoms with Crippen molar-refractivity contribution in [3.8, 4) is 5.75 Å². The molecule has 0 radical (unpaired) electrons.